The van der Waals surface area contributed by atoms with E-state index in [-0.39, 0.29) is 18.4 Å². The van der Waals surface area contributed by atoms with E-state index in [1.165, 1.54) is 6.20 Å². The van der Waals surface area contributed by atoms with Gasteiger partial charge >= 0.3 is 6.18 Å². The molecule has 9 heteroatoms. The van der Waals surface area contributed by atoms with E-state index in [9.17, 15) is 18.0 Å². The number of fused-ring (bicyclic) bond motifs is 1. The summed E-state index contributed by atoms with van der Waals surface area (Å²) in [5, 5.41) is 10.8. The highest BCUT2D eigenvalue weighted by Gasteiger charge is 2.32. The topological polar surface area (TPSA) is 73.9 Å². The maximum Gasteiger partial charge on any atom is 0.417 e. The number of aromatic nitrogens is 3. The number of alkyl halides is 3. The Morgan fingerprint density at radius 2 is 2.11 bits per heavy atom. The molecule has 0 saturated carbocycles. The van der Waals surface area contributed by atoms with E-state index in [4.69, 9.17) is 0 Å². The summed E-state index contributed by atoms with van der Waals surface area (Å²) in [5.41, 5.74) is 1.38. The van der Waals surface area contributed by atoms with Crippen LogP contribution in [-0.4, -0.2) is 40.2 Å². The van der Waals surface area contributed by atoms with Crippen LogP contribution >= 0.6 is 0 Å². The number of nitrogens with zero attached hydrogens (tertiary/aromatic N) is 3. The number of halogens is 3. The molecular weight excluding hydrogens is 371 g/mol. The predicted molar refractivity (Wildman–Crippen MR) is 97.8 cm³/mol. The van der Waals surface area contributed by atoms with Crippen molar-refractivity contribution >= 4 is 22.5 Å². The van der Waals surface area contributed by atoms with E-state index in [0.29, 0.717) is 25.2 Å². The average Bonchev–Trinajstić information content (AvgIpc) is 3.30. The van der Waals surface area contributed by atoms with E-state index in [1.54, 1.807) is 6.20 Å². The van der Waals surface area contributed by atoms with E-state index in [2.05, 4.69) is 20.5 Å². The van der Waals surface area contributed by atoms with Gasteiger partial charge in [-0.2, -0.15) is 18.3 Å². The summed E-state index contributed by atoms with van der Waals surface area (Å²) >= 11 is 0. The van der Waals surface area contributed by atoms with Crippen LogP contribution < -0.4 is 10.2 Å². The van der Waals surface area contributed by atoms with Crippen molar-refractivity contribution in [1.82, 2.24) is 20.5 Å². The molecule has 0 spiro atoms. The second-order valence-corrected chi connectivity index (χ2v) is 6.90. The first-order valence-electron chi connectivity index (χ1n) is 8.87. The largest absolute Gasteiger partial charge is 0.417 e. The first-order valence-corrected chi connectivity index (χ1v) is 8.87. The van der Waals surface area contributed by atoms with Crippen molar-refractivity contribution in [1.29, 1.82) is 0 Å². The lowest BCUT2D eigenvalue weighted by Crippen LogP contribution is -2.38. The van der Waals surface area contributed by atoms with Crippen LogP contribution in [0.25, 0.3) is 10.9 Å². The minimum absolute atomic E-state index is 0.113. The van der Waals surface area contributed by atoms with Gasteiger partial charge in [-0.25, -0.2) is 0 Å². The molecule has 2 N–H and O–H groups in total. The van der Waals surface area contributed by atoms with Crippen LogP contribution in [0, 0.1) is 0 Å². The Hall–Kier alpha value is -3.10. The van der Waals surface area contributed by atoms with Gasteiger partial charge < -0.3 is 10.2 Å². The van der Waals surface area contributed by atoms with Crippen molar-refractivity contribution in [2.24, 2.45) is 0 Å². The van der Waals surface area contributed by atoms with Crippen LogP contribution in [0.1, 0.15) is 17.5 Å². The number of anilines is 1. The van der Waals surface area contributed by atoms with Gasteiger partial charge in [0.1, 0.15) is 0 Å². The molecule has 0 radical (unpaired) electrons. The van der Waals surface area contributed by atoms with Gasteiger partial charge in [-0.05, 0) is 24.1 Å². The van der Waals surface area contributed by atoms with E-state index < -0.39 is 11.7 Å². The fourth-order valence-corrected chi connectivity index (χ4v) is 3.43. The zero-order chi connectivity index (χ0) is 19.7. The second-order valence-electron chi connectivity index (χ2n) is 6.90. The van der Waals surface area contributed by atoms with Crippen LogP contribution in [0.5, 0.6) is 0 Å². The molecule has 1 saturated heterocycles. The standard InChI is InChI=1S/C19H18F3N5O/c20-19(21,22)14-7-16(10-23-9-14)27-4-3-15(11-27)25-18(28)6-12-1-2-13-8-24-26-17(13)5-12/h1-2,5,7-10,15H,3-4,6,11H2,(H,24,26)(H,25,28)/t15-/m1/s1. The summed E-state index contributed by atoms with van der Waals surface area (Å²) < 4.78 is 38.6. The van der Waals surface area contributed by atoms with Gasteiger partial charge in [0.2, 0.25) is 5.91 Å². The third-order valence-electron chi connectivity index (χ3n) is 4.84. The lowest BCUT2D eigenvalue weighted by Gasteiger charge is -2.20. The maximum atomic E-state index is 12.9. The summed E-state index contributed by atoms with van der Waals surface area (Å²) in [7, 11) is 0. The molecule has 1 amide bonds. The summed E-state index contributed by atoms with van der Waals surface area (Å²) in [6.07, 6.45) is 0.424. The molecule has 146 valence electrons. The van der Waals surface area contributed by atoms with Crippen molar-refractivity contribution in [3.05, 3.63) is 54.0 Å². The Balaban J connectivity index is 1.36. The highest BCUT2D eigenvalue weighted by atomic mass is 19.4. The smallest absolute Gasteiger partial charge is 0.368 e. The van der Waals surface area contributed by atoms with E-state index in [1.807, 2.05) is 23.1 Å². The van der Waals surface area contributed by atoms with Crippen LogP contribution in [-0.2, 0) is 17.4 Å². The summed E-state index contributed by atoms with van der Waals surface area (Å²) in [5.74, 6) is -0.118. The van der Waals surface area contributed by atoms with Crippen LogP contribution in [0.2, 0.25) is 0 Å². The fourth-order valence-electron chi connectivity index (χ4n) is 3.43. The number of H-pyrrole nitrogens is 1. The highest BCUT2D eigenvalue weighted by molar-refractivity contribution is 5.83. The van der Waals surface area contributed by atoms with Gasteiger partial charge in [-0.3, -0.25) is 14.9 Å². The van der Waals surface area contributed by atoms with E-state index >= 15 is 0 Å². The number of pyridine rings is 1. The van der Waals surface area contributed by atoms with Crippen molar-refractivity contribution in [3.63, 3.8) is 0 Å². The number of rotatable bonds is 4. The average molecular weight is 389 g/mol. The first kappa shape index (κ1) is 18.3. The number of amides is 1. The van der Waals surface area contributed by atoms with Crippen molar-refractivity contribution in [2.75, 3.05) is 18.0 Å². The van der Waals surface area contributed by atoms with Crippen molar-refractivity contribution < 1.29 is 18.0 Å². The van der Waals surface area contributed by atoms with Crippen molar-refractivity contribution in [2.45, 2.75) is 25.1 Å². The van der Waals surface area contributed by atoms with Gasteiger partial charge in [-0.15, -0.1) is 0 Å². The van der Waals surface area contributed by atoms with Crippen LogP contribution in [0.15, 0.2) is 42.9 Å². The zero-order valence-electron chi connectivity index (χ0n) is 14.8. The molecule has 0 unspecified atom stereocenters. The van der Waals surface area contributed by atoms with Gasteiger partial charge in [-0.1, -0.05) is 12.1 Å². The van der Waals surface area contributed by atoms with Crippen LogP contribution in [0.3, 0.4) is 0 Å². The predicted octanol–water partition coefficient (Wildman–Crippen LogP) is 2.91. The minimum Gasteiger partial charge on any atom is -0.368 e. The number of nitrogens with one attached hydrogen (secondary N) is 2. The molecule has 6 nitrogen and oxygen atoms in total. The Morgan fingerprint density at radius 1 is 1.25 bits per heavy atom. The molecule has 1 aliphatic rings. The molecule has 28 heavy (non-hydrogen) atoms. The Labute approximate surface area is 158 Å². The highest BCUT2D eigenvalue weighted by Crippen LogP contribution is 2.31. The summed E-state index contributed by atoms with van der Waals surface area (Å²) in [6, 6.07) is 6.65. The number of aromatic amines is 1. The second kappa shape index (κ2) is 7.14. The zero-order valence-corrected chi connectivity index (χ0v) is 14.8. The third kappa shape index (κ3) is 3.92. The molecule has 1 aliphatic heterocycles. The van der Waals surface area contributed by atoms with Gasteiger partial charge in [0.15, 0.2) is 0 Å². The van der Waals surface area contributed by atoms with Crippen molar-refractivity contribution in [3.8, 4) is 0 Å². The van der Waals surface area contributed by atoms with Gasteiger partial charge in [0.25, 0.3) is 0 Å². The molecule has 0 bridgehead atoms. The Morgan fingerprint density at radius 3 is 2.93 bits per heavy atom. The van der Waals surface area contributed by atoms with Crippen LogP contribution in [0.4, 0.5) is 18.9 Å². The molecule has 3 heterocycles. The quantitative estimate of drug-likeness (QED) is 0.720. The maximum absolute atomic E-state index is 12.9. The summed E-state index contributed by atoms with van der Waals surface area (Å²) in [4.78, 5) is 17.9. The number of benzene rings is 1. The SMILES string of the molecule is O=C(Cc1ccc2cn[nH]c2c1)N[C@@H]1CCN(c2cncc(C(F)(F)F)c2)C1. The minimum atomic E-state index is -4.42. The number of hydrogen-bond acceptors (Lipinski definition) is 4. The Bertz CT molecular complexity index is 1000. The molecule has 4 rings (SSSR count). The van der Waals surface area contributed by atoms with Gasteiger partial charge in [0, 0.05) is 30.7 Å². The molecule has 1 aromatic carbocycles. The molecular formula is C19H18F3N5O. The normalized spacial score (nSPS) is 17.2. The lowest BCUT2D eigenvalue weighted by molar-refractivity contribution is -0.137. The first-order chi connectivity index (χ1) is 13.4. The monoisotopic (exact) mass is 389 g/mol. The molecule has 1 fully saturated rings. The molecule has 0 aliphatic carbocycles. The fraction of sp³-hybridized carbons (Fsp3) is 0.316. The van der Waals surface area contributed by atoms with Gasteiger partial charge in [0.05, 0.1) is 35.6 Å². The molecule has 1 atom stereocenters. The molecule has 3 aromatic rings. The summed E-state index contributed by atoms with van der Waals surface area (Å²) in [6.45, 7) is 1.02. The van der Waals surface area contributed by atoms with E-state index in [0.717, 1.165) is 28.7 Å². The third-order valence-corrected chi connectivity index (χ3v) is 4.84. The lowest BCUT2D eigenvalue weighted by atomic mass is 10.1. The number of hydrogen-bond donors (Lipinski definition) is 2. The Kier molecular flexibility index (Phi) is 4.66. The number of carbonyl (C=O) groups is 1. The molecule has 2 aromatic heterocycles. The number of carbonyl (C=O) groups excluding carboxylic acids is 1.